The van der Waals surface area contributed by atoms with Crippen molar-refractivity contribution in [3.8, 4) is 22.3 Å². The lowest BCUT2D eigenvalue weighted by Gasteiger charge is -2.12. The van der Waals surface area contributed by atoms with Gasteiger partial charge in [0.05, 0.1) is 0 Å². The topological polar surface area (TPSA) is 0 Å². The molecule has 0 aliphatic heterocycles. The minimum Gasteiger partial charge on any atom is -0.0619 e. The summed E-state index contributed by atoms with van der Waals surface area (Å²) in [5, 5.41) is 11.1. The molecule has 0 heterocycles. The van der Waals surface area contributed by atoms with Crippen molar-refractivity contribution in [2.24, 2.45) is 0 Å². The van der Waals surface area contributed by atoms with Gasteiger partial charge in [0.2, 0.25) is 0 Å². The molecule has 8 aromatic rings. The van der Waals surface area contributed by atoms with Crippen LogP contribution in [0.15, 0.2) is 140 Å². The largest absolute Gasteiger partial charge is 0.0619 e. The van der Waals surface area contributed by atoms with Crippen molar-refractivity contribution < 1.29 is 0 Å². The monoisotopic (exact) mass is 560 g/mol. The third-order valence-corrected chi connectivity index (χ3v) is 9.95. The van der Waals surface area contributed by atoms with Crippen LogP contribution in [0.3, 0.4) is 0 Å². The maximum atomic E-state index is 2.40. The Morgan fingerprint density at radius 2 is 0.795 bits per heavy atom. The number of hydrogen-bond acceptors (Lipinski definition) is 0. The summed E-state index contributed by atoms with van der Waals surface area (Å²) in [5.41, 5.74) is 13.1. The zero-order valence-electron chi connectivity index (χ0n) is 24.9. The molecule has 0 bridgehead atoms. The molecule has 0 heteroatoms. The van der Waals surface area contributed by atoms with Crippen LogP contribution in [0.25, 0.3) is 65.3 Å². The summed E-state index contributed by atoms with van der Waals surface area (Å²) in [4.78, 5) is 0. The molecule has 0 nitrogen and oxygen atoms in total. The third-order valence-electron chi connectivity index (χ3n) is 9.95. The molecule has 0 amide bonds. The molecule has 0 unspecified atom stereocenters. The molecular weight excluding hydrogens is 528 g/mol. The van der Waals surface area contributed by atoms with Crippen molar-refractivity contribution >= 4 is 43.1 Å². The van der Waals surface area contributed by atoms with Crippen molar-refractivity contribution in [2.45, 2.75) is 26.2 Å². The average Bonchev–Trinajstić information content (AvgIpc) is 3.68. The zero-order chi connectivity index (χ0) is 29.2. The summed E-state index contributed by atoms with van der Waals surface area (Å²) >= 11 is 0. The van der Waals surface area contributed by atoms with Gasteiger partial charge in [0.15, 0.2) is 0 Å². The Morgan fingerprint density at radius 1 is 0.386 bits per heavy atom. The van der Waals surface area contributed by atoms with Gasteiger partial charge in [0, 0.05) is 0 Å². The van der Waals surface area contributed by atoms with Crippen LogP contribution in [0.5, 0.6) is 0 Å². The quantitative estimate of drug-likeness (QED) is 0.175. The molecule has 10 rings (SSSR count). The summed E-state index contributed by atoms with van der Waals surface area (Å²) in [6.07, 6.45) is 3.21. The molecule has 8 aromatic carbocycles. The van der Waals surface area contributed by atoms with E-state index in [4.69, 9.17) is 0 Å². The SMILES string of the molecule is CCc1ccc2c(c1)Cc1c-2c2ccccc2c2ccccc12.c1ccc2c(c1)Cc1c-2c2ccccc2c2ccccc12. The fourth-order valence-corrected chi connectivity index (χ4v) is 7.97. The van der Waals surface area contributed by atoms with E-state index in [0.717, 1.165) is 19.3 Å². The lowest BCUT2D eigenvalue weighted by molar-refractivity contribution is 1.12. The minimum atomic E-state index is 1.05. The van der Waals surface area contributed by atoms with Crippen LogP contribution in [0.4, 0.5) is 0 Å². The predicted octanol–water partition coefficient (Wildman–Crippen LogP) is 11.7. The third kappa shape index (κ3) is 3.71. The number of hydrogen-bond donors (Lipinski definition) is 0. The van der Waals surface area contributed by atoms with Gasteiger partial charge in [0.1, 0.15) is 0 Å². The molecule has 0 saturated heterocycles. The maximum Gasteiger partial charge on any atom is -0.000695 e. The normalized spacial score (nSPS) is 12.6. The Morgan fingerprint density at radius 3 is 1.34 bits per heavy atom. The first kappa shape index (κ1) is 25.3. The van der Waals surface area contributed by atoms with Crippen LogP contribution < -0.4 is 0 Å². The van der Waals surface area contributed by atoms with Gasteiger partial charge in [-0.3, -0.25) is 0 Å². The Labute approximate surface area is 258 Å². The van der Waals surface area contributed by atoms with Crippen LogP contribution in [0.2, 0.25) is 0 Å². The summed E-state index contributed by atoms with van der Waals surface area (Å²) < 4.78 is 0. The smallest absolute Gasteiger partial charge is 0.000695 e. The molecule has 2 aliphatic carbocycles. The van der Waals surface area contributed by atoms with Crippen molar-refractivity contribution in [3.63, 3.8) is 0 Å². The maximum absolute atomic E-state index is 2.40. The highest BCUT2D eigenvalue weighted by Crippen LogP contribution is 2.47. The van der Waals surface area contributed by atoms with E-state index in [0.29, 0.717) is 0 Å². The second-order valence-corrected chi connectivity index (χ2v) is 12.2. The molecule has 0 aromatic heterocycles. The second kappa shape index (κ2) is 9.93. The van der Waals surface area contributed by atoms with Gasteiger partial charge in [-0.25, -0.2) is 0 Å². The molecule has 0 spiro atoms. The highest BCUT2D eigenvalue weighted by Gasteiger charge is 2.25. The van der Waals surface area contributed by atoms with Crippen molar-refractivity contribution in [1.82, 2.24) is 0 Å². The first-order chi connectivity index (χ1) is 21.8. The van der Waals surface area contributed by atoms with Gasteiger partial charge in [0.25, 0.3) is 0 Å². The summed E-state index contributed by atoms with van der Waals surface area (Å²) in [5.74, 6) is 0. The minimum absolute atomic E-state index is 1.05. The molecular formula is C44H32. The van der Waals surface area contributed by atoms with E-state index in [1.165, 1.54) is 93.2 Å². The van der Waals surface area contributed by atoms with Gasteiger partial charge in [-0.2, -0.15) is 0 Å². The molecule has 0 saturated carbocycles. The molecule has 208 valence electrons. The van der Waals surface area contributed by atoms with E-state index in [9.17, 15) is 0 Å². The number of aryl methyl sites for hydroxylation is 1. The highest BCUT2D eigenvalue weighted by atomic mass is 14.3. The van der Waals surface area contributed by atoms with Gasteiger partial charge in [-0.1, -0.05) is 146 Å². The average molecular weight is 561 g/mol. The van der Waals surface area contributed by atoms with Crippen LogP contribution in [-0.2, 0) is 19.3 Å². The number of benzene rings is 8. The van der Waals surface area contributed by atoms with Gasteiger partial charge >= 0.3 is 0 Å². The van der Waals surface area contributed by atoms with E-state index in [1.807, 2.05) is 0 Å². The van der Waals surface area contributed by atoms with Crippen LogP contribution in [-0.4, -0.2) is 0 Å². The Kier molecular flexibility index (Phi) is 5.71. The van der Waals surface area contributed by atoms with Crippen molar-refractivity contribution in [1.29, 1.82) is 0 Å². The van der Waals surface area contributed by atoms with Gasteiger partial charge in [-0.15, -0.1) is 0 Å². The first-order valence-corrected chi connectivity index (χ1v) is 15.8. The molecule has 2 aliphatic rings. The highest BCUT2D eigenvalue weighted by molar-refractivity contribution is 6.18. The van der Waals surface area contributed by atoms with E-state index < -0.39 is 0 Å². The Hall–Kier alpha value is -5.20. The lowest BCUT2D eigenvalue weighted by Crippen LogP contribution is -1.87. The summed E-state index contributed by atoms with van der Waals surface area (Å²) in [7, 11) is 0. The Balaban J connectivity index is 0.000000123. The summed E-state index contributed by atoms with van der Waals surface area (Å²) in [6.45, 7) is 2.23. The van der Waals surface area contributed by atoms with E-state index in [2.05, 4.69) is 146 Å². The van der Waals surface area contributed by atoms with Gasteiger partial charge in [-0.05, 0) is 112 Å². The van der Waals surface area contributed by atoms with Crippen molar-refractivity contribution in [2.75, 3.05) is 0 Å². The lowest BCUT2D eigenvalue weighted by atomic mass is 9.91. The second-order valence-electron chi connectivity index (χ2n) is 12.2. The van der Waals surface area contributed by atoms with Gasteiger partial charge < -0.3 is 0 Å². The van der Waals surface area contributed by atoms with Crippen molar-refractivity contribution in [3.05, 3.63) is 167 Å². The molecule has 0 N–H and O–H groups in total. The number of fused-ring (bicyclic) bond motifs is 16. The van der Waals surface area contributed by atoms with E-state index in [-0.39, 0.29) is 0 Å². The number of rotatable bonds is 1. The van der Waals surface area contributed by atoms with Crippen LogP contribution in [0, 0.1) is 0 Å². The van der Waals surface area contributed by atoms with Crippen LogP contribution >= 0.6 is 0 Å². The molecule has 44 heavy (non-hydrogen) atoms. The fourth-order valence-electron chi connectivity index (χ4n) is 7.97. The van der Waals surface area contributed by atoms with Crippen LogP contribution in [0.1, 0.15) is 34.7 Å². The molecule has 0 fully saturated rings. The first-order valence-electron chi connectivity index (χ1n) is 15.8. The standard InChI is InChI=1S/C23H18.C21H14/c1-2-15-11-12-17-16(13-15)14-22-20-9-4-3-7-18(20)19-8-5-6-10-21(19)23(17)22;1-2-8-15-14(7-1)13-20-18-11-4-3-9-16(18)17-10-5-6-12-19(17)21(15)20/h3-13H,2,14H2,1H3;1-12H,13H2. The summed E-state index contributed by atoms with van der Waals surface area (Å²) in [6, 6.07) is 51.2. The predicted molar refractivity (Wildman–Crippen MR) is 189 cm³/mol. The molecule has 0 radical (unpaired) electrons. The zero-order valence-corrected chi connectivity index (χ0v) is 24.9. The molecule has 0 atom stereocenters. The Bertz CT molecular complexity index is 2420. The fraction of sp³-hybridized carbons (Fsp3) is 0.0909. The van der Waals surface area contributed by atoms with E-state index >= 15 is 0 Å². The van der Waals surface area contributed by atoms with E-state index in [1.54, 1.807) is 0 Å².